The van der Waals surface area contributed by atoms with E-state index in [-0.39, 0.29) is 37.7 Å². The lowest BCUT2D eigenvalue weighted by Gasteiger charge is -2.36. The molecule has 0 atom stereocenters. The first-order valence-corrected chi connectivity index (χ1v) is 11.0. The van der Waals surface area contributed by atoms with E-state index in [2.05, 4.69) is 5.32 Å². The second-order valence-electron chi connectivity index (χ2n) is 8.04. The van der Waals surface area contributed by atoms with Crippen LogP contribution in [0.1, 0.15) is 77.0 Å². The molecule has 0 radical (unpaired) electrons. The third-order valence-electron chi connectivity index (χ3n) is 5.80. The number of unbranched alkanes of at least 4 members (excludes halogenated alkanes) is 7. The van der Waals surface area contributed by atoms with Gasteiger partial charge in [-0.25, -0.2) is 0 Å². The summed E-state index contributed by atoms with van der Waals surface area (Å²) in [5.74, 6) is -2.60. The average Bonchev–Trinajstić information content (AvgIpc) is 2.73. The Balaban J connectivity index is 2.04. The summed E-state index contributed by atoms with van der Waals surface area (Å²) >= 11 is 0. The fraction of sp³-hybridized carbons (Fsp3) is 0.810. The topological polar surface area (TPSA) is 150 Å². The van der Waals surface area contributed by atoms with Crippen LogP contribution in [-0.2, 0) is 19.2 Å². The summed E-state index contributed by atoms with van der Waals surface area (Å²) in [5, 5.41) is 21.2. The third-order valence-corrected chi connectivity index (χ3v) is 5.80. The SMILES string of the molecule is NCCNC(=O)CCCCCCCCCCC(=O)N1CCC(C(=O)O)(C(=O)O)CC1. The normalized spacial score (nSPS) is 15.6. The number of hydrogen-bond donors (Lipinski definition) is 4. The van der Waals surface area contributed by atoms with Gasteiger partial charge in [0.1, 0.15) is 0 Å². The van der Waals surface area contributed by atoms with E-state index in [4.69, 9.17) is 5.73 Å². The molecule has 2 amide bonds. The third kappa shape index (κ3) is 8.69. The Labute approximate surface area is 178 Å². The Morgan fingerprint density at radius 3 is 1.73 bits per heavy atom. The van der Waals surface area contributed by atoms with E-state index < -0.39 is 17.4 Å². The summed E-state index contributed by atoms with van der Waals surface area (Å²) in [7, 11) is 0. The predicted octanol–water partition coefficient (Wildman–Crippen LogP) is 1.74. The first-order chi connectivity index (χ1) is 14.3. The molecule has 0 aromatic carbocycles. The molecular formula is C21H37N3O6. The number of hydrogen-bond acceptors (Lipinski definition) is 5. The molecule has 0 bridgehead atoms. The molecular weight excluding hydrogens is 390 g/mol. The zero-order valence-corrected chi connectivity index (χ0v) is 17.9. The van der Waals surface area contributed by atoms with Crippen molar-refractivity contribution in [2.75, 3.05) is 26.2 Å². The lowest BCUT2D eigenvalue weighted by Crippen LogP contribution is -2.50. The van der Waals surface area contributed by atoms with E-state index >= 15 is 0 Å². The van der Waals surface area contributed by atoms with Crippen molar-refractivity contribution < 1.29 is 29.4 Å². The predicted molar refractivity (Wildman–Crippen MR) is 112 cm³/mol. The van der Waals surface area contributed by atoms with Gasteiger partial charge in [0.05, 0.1) is 0 Å². The maximum Gasteiger partial charge on any atom is 0.321 e. The van der Waals surface area contributed by atoms with Crippen LogP contribution >= 0.6 is 0 Å². The van der Waals surface area contributed by atoms with E-state index in [1.807, 2.05) is 0 Å². The molecule has 1 heterocycles. The molecule has 1 fully saturated rings. The fourth-order valence-electron chi connectivity index (χ4n) is 3.74. The van der Waals surface area contributed by atoms with Crippen molar-refractivity contribution in [3.8, 4) is 0 Å². The molecule has 5 N–H and O–H groups in total. The van der Waals surface area contributed by atoms with Gasteiger partial charge in [0.15, 0.2) is 5.41 Å². The summed E-state index contributed by atoms with van der Waals surface area (Å²) in [4.78, 5) is 47.9. The van der Waals surface area contributed by atoms with E-state index in [9.17, 15) is 29.4 Å². The number of nitrogens with one attached hydrogen (secondary N) is 1. The van der Waals surface area contributed by atoms with Crippen LogP contribution in [0.15, 0.2) is 0 Å². The average molecular weight is 428 g/mol. The molecule has 0 aromatic heterocycles. The number of carbonyl (C=O) groups excluding carboxylic acids is 2. The highest BCUT2D eigenvalue weighted by Gasteiger charge is 2.49. The Morgan fingerprint density at radius 1 is 0.800 bits per heavy atom. The van der Waals surface area contributed by atoms with Gasteiger partial charge in [0.2, 0.25) is 11.8 Å². The van der Waals surface area contributed by atoms with Gasteiger partial charge in [0, 0.05) is 39.0 Å². The van der Waals surface area contributed by atoms with Crippen molar-refractivity contribution in [1.82, 2.24) is 10.2 Å². The van der Waals surface area contributed by atoms with Crippen molar-refractivity contribution in [2.45, 2.75) is 77.0 Å². The van der Waals surface area contributed by atoms with Crippen molar-refractivity contribution in [3.05, 3.63) is 0 Å². The molecule has 1 aliphatic heterocycles. The van der Waals surface area contributed by atoms with Gasteiger partial charge in [-0.05, 0) is 25.7 Å². The lowest BCUT2D eigenvalue weighted by atomic mass is 9.78. The first kappa shape index (κ1) is 25.9. The van der Waals surface area contributed by atoms with E-state index in [0.29, 0.717) is 25.9 Å². The number of carboxylic acids is 2. The molecule has 9 nitrogen and oxygen atoms in total. The number of nitrogens with two attached hydrogens (primary N) is 1. The van der Waals surface area contributed by atoms with Gasteiger partial charge in [-0.2, -0.15) is 0 Å². The standard InChI is InChI=1S/C21H37N3O6/c22-13-14-23-17(25)9-7-5-3-1-2-4-6-8-10-18(26)24-15-11-21(12-16-24,19(27)28)20(29)30/h1-16,22H2,(H,23,25)(H,27,28)(H,29,30). The highest BCUT2D eigenvalue weighted by atomic mass is 16.4. The fourth-order valence-corrected chi connectivity index (χ4v) is 3.74. The molecule has 172 valence electrons. The van der Waals surface area contributed by atoms with Gasteiger partial charge in [0.25, 0.3) is 0 Å². The van der Waals surface area contributed by atoms with Gasteiger partial charge in [-0.15, -0.1) is 0 Å². The second kappa shape index (κ2) is 14.0. The molecule has 0 aromatic rings. The van der Waals surface area contributed by atoms with Crippen molar-refractivity contribution in [1.29, 1.82) is 0 Å². The van der Waals surface area contributed by atoms with E-state index in [0.717, 1.165) is 51.4 Å². The van der Waals surface area contributed by atoms with Gasteiger partial charge in [-0.1, -0.05) is 38.5 Å². The second-order valence-corrected chi connectivity index (χ2v) is 8.04. The van der Waals surface area contributed by atoms with Gasteiger partial charge >= 0.3 is 11.9 Å². The van der Waals surface area contributed by atoms with Crippen LogP contribution < -0.4 is 11.1 Å². The Morgan fingerprint density at radius 2 is 1.27 bits per heavy atom. The molecule has 1 rings (SSSR count). The minimum atomic E-state index is -1.76. The van der Waals surface area contributed by atoms with E-state index in [1.54, 1.807) is 4.90 Å². The molecule has 0 spiro atoms. The quantitative estimate of drug-likeness (QED) is 0.230. The number of carboxylic acid groups (broad SMARTS) is 2. The maximum absolute atomic E-state index is 12.3. The van der Waals surface area contributed by atoms with Gasteiger partial charge < -0.3 is 26.2 Å². The monoisotopic (exact) mass is 427 g/mol. The molecule has 1 saturated heterocycles. The minimum absolute atomic E-state index is 0.0210. The molecule has 1 aliphatic rings. The Hall–Kier alpha value is -2.16. The first-order valence-electron chi connectivity index (χ1n) is 11.0. The largest absolute Gasteiger partial charge is 0.480 e. The Kier molecular flexibility index (Phi) is 12.0. The number of likely N-dealkylation sites (tertiary alicyclic amines) is 1. The molecule has 0 unspecified atom stereocenters. The zero-order valence-electron chi connectivity index (χ0n) is 17.9. The summed E-state index contributed by atoms with van der Waals surface area (Å²) in [5.41, 5.74) is 3.57. The minimum Gasteiger partial charge on any atom is -0.480 e. The maximum atomic E-state index is 12.3. The summed E-state index contributed by atoms with van der Waals surface area (Å²) in [6.45, 7) is 1.36. The van der Waals surface area contributed by atoms with Crippen LogP contribution in [0, 0.1) is 5.41 Å². The van der Waals surface area contributed by atoms with Crippen LogP contribution in [-0.4, -0.2) is 65.0 Å². The molecule has 30 heavy (non-hydrogen) atoms. The van der Waals surface area contributed by atoms with Crippen LogP contribution in [0.5, 0.6) is 0 Å². The van der Waals surface area contributed by atoms with Crippen LogP contribution in [0.2, 0.25) is 0 Å². The zero-order chi connectivity index (χ0) is 22.4. The van der Waals surface area contributed by atoms with Crippen molar-refractivity contribution >= 4 is 23.8 Å². The van der Waals surface area contributed by atoms with Crippen molar-refractivity contribution in [2.24, 2.45) is 11.1 Å². The Bertz CT molecular complexity index is 557. The molecule has 0 aliphatic carbocycles. The highest BCUT2D eigenvalue weighted by Crippen LogP contribution is 2.32. The lowest BCUT2D eigenvalue weighted by molar-refractivity contribution is -0.169. The van der Waals surface area contributed by atoms with E-state index in [1.165, 1.54) is 0 Å². The number of rotatable bonds is 15. The highest BCUT2D eigenvalue weighted by molar-refractivity contribution is 5.98. The van der Waals surface area contributed by atoms with Crippen LogP contribution in [0.25, 0.3) is 0 Å². The number of carbonyl (C=O) groups is 4. The molecule has 9 heteroatoms. The summed E-state index contributed by atoms with van der Waals surface area (Å²) < 4.78 is 0. The smallest absolute Gasteiger partial charge is 0.321 e. The number of amides is 2. The van der Waals surface area contributed by atoms with Crippen LogP contribution in [0.4, 0.5) is 0 Å². The van der Waals surface area contributed by atoms with Crippen molar-refractivity contribution in [3.63, 3.8) is 0 Å². The summed E-state index contributed by atoms with van der Waals surface area (Å²) in [6.07, 6.45) is 8.98. The number of piperidine rings is 1. The van der Waals surface area contributed by atoms with Gasteiger partial charge in [-0.3, -0.25) is 19.2 Å². The summed E-state index contributed by atoms with van der Waals surface area (Å²) in [6, 6.07) is 0. The van der Waals surface area contributed by atoms with Crippen LogP contribution in [0.3, 0.4) is 0 Å². The molecule has 0 saturated carbocycles. The number of nitrogens with zero attached hydrogens (tertiary/aromatic N) is 1. The number of aliphatic carboxylic acids is 2.